The van der Waals surface area contributed by atoms with Gasteiger partial charge in [-0.25, -0.2) is 0 Å². The molecule has 2 aromatic carbocycles. The molecule has 4 heteroatoms. The predicted octanol–water partition coefficient (Wildman–Crippen LogP) is 4.91. The molecule has 0 bridgehead atoms. The highest BCUT2D eigenvalue weighted by Crippen LogP contribution is 2.21. The van der Waals surface area contributed by atoms with E-state index in [0.717, 1.165) is 45.2 Å². The van der Waals surface area contributed by atoms with E-state index in [1.54, 1.807) is 12.1 Å². The van der Waals surface area contributed by atoms with E-state index in [1.165, 1.54) is 12.0 Å². The van der Waals surface area contributed by atoms with Crippen molar-refractivity contribution in [2.75, 3.05) is 18.4 Å². The Morgan fingerprint density at radius 1 is 0.963 bits per heavy atom. The minimum atomic E-state index is -0.184. The maximum absolute atomic E-state index is 12.9. The topological polar surface area (TPSA) is 49.4 Å². The molecule has 0 aliphatic carbocycles. The molecule has 27 heavy (non-hydrogen) atoms. The predicted molar refractivity (Wildman–Crippen MR) is 109 cm³/mol. The van der Waals surface area contributed by atoms with Crippen LogP contribution in [0.3, 0.4) is 0 Å². The number of anilines is 1. The summed E-state index contributed by atoms with van der Waals surface area (Å²) in [5, 5.41) is 2.92. The van der Waals surface area contributed by atoms with Crippen LogP contribution in [0.25, 0.3) is 0 Å². The number of hydrogen-bond donors (Lipinski definition) is 1. The zero-order valence-corrected chi connectivity index (χ0v) is 16.0. The first kappa shape index (κ1) is 19.2. The number of carbonyl (C=O) groups is 2. The zero-order chi connectivity index (χ0) is 19.1. The molecule has 4 nitrogen and oxygen atoms in total. The number of unbranched alkanes of at least 4 members (excludes halogenated alkanes) is 1. The summed E-state index contributed by atoms with van der Waals surface area (Å²) in [6, 6.07) is 15.0. The Morgan fingerprint density at radius 2 is 1.67 bits per heavy atom. The van der Waals surface area contributed by atoms with E-state index >= 15 is 0 Å². The molecule has 0 atom stereocenters. The molecule has 1 aliphatic rings. The first-order valence-corrected chi connectivity index (χ1v) is 9.97. The molecule has 1 aliphatic heterocycles. The molecule has 0 unspecified atom stereocenters. The van der Waals surface area contributed by atoms with E-state index in [0.29, 0.717) is 16.8 Å². The summed E-state index contributed by atoms with van der Waals surface area (Å²) in [7, 11) is 0. The number of piperidine rings is 1. The summed E-state index contributed by atoms with van der Waals surface area (Å²) in [6.07, 6.45) is 6.61. The summed E-state index contributed by atoms with van der Waals surface area (Å²) in [6.45, 7) is 3.76. The number of likely N-dealkylation sites (tertiary alicyclic amines) is 1. The van der Waals surface area contributed by atoms with Gasteiger partial charge in [-0.3, -0.25) is 9.59 Å². The van der Waals surface area contributed by atoms with Gasteiger partial charge >= 0.3 is 0 Å². The van der Waals surface area contributed by atoms with Gasteiger partial charge in [0.05, 0.1) is 11.3 Å². The van der Waals surface area contributed by atoms with Gasteiger partial charge in [-0.15, -0.1) is 0 Å². The van der Waals surface area contributed by atoms with Crippen LogP contribution < -0.4 is 5.32 Å². The molecule has 2 amide bonds. The number of rotatable bonds is 6. The highest BCUT2D eigenvalue weighted by atomic mass is 16.2. The van der Waals surface area contributed by atoms with E-state index in [1.807, 2.05) is 41.3 Å². The Balaban J connectivity index is 1.71. The third-order valence-electron chi connectivity index (χ3n) is 5.08. The molecule has 0 saturated carbocycles. The Morgan fingerprint density at radius 3 is 2.37 bits per heavy atom. The molecule has 1 fully saturated rings. The fourth-order valence-electron chi connectivity index (χ4n) is 3.44. The highest BCUT2D eigenvalue weighted by Gasteiger charge is 2.21. The van der Waals surface area contributed by atoms with Crippen LogP contribution in [0, 0.1) is 0 Å². The van der Waals surface area contributed by atoms with Gasteiger partial charge in [0.1, 0.15) is 0 Å². The smallest absolute Gasteiger partial charge is 0.255 e. The highest BCUT2D eigenvalue weighted by molar-refractivity contribution is 6.09. The van der Waals surface area contributed by atoms with Crippen LogP contribution in [0.15, 0.2) is 48.5 Å². The van der Waals surface area contributed by atoms with E-state index in [-0.39, 0.29) is 11.8 Å². The Hall–Kier alpha value is -2.62. The molecular formula is C23H28N2O2. The van der Waals surface area contributed by atoms with Crippen LogP contribution in [-0.2, 0) is 6.42 Å². The molecular weight excluding hydrogens is 336 g/mol. The lowest BCUT2D eigenvalue weighted by molar-refractivity contribution is 0.0725. The van der Waals surface area contributed by atoms with E-state index in [9.17, 15) is 9.59 Å². The van der Waals surface area contributed by atoms with Crippen LogP contribution in [0.4, 0.5) is 5.69 Å². The second kappa shape index (κ2) is 9.36. The fourth-order valence-corrected chi connectivity index (χ4v) is 3.44. The number of nitrogens with one attached hydrogen (secondary N) is 1. The minimum absolute atomic E-state index is 0.000476. The van der Waals surface area contributed by atoms with Crippen molar-refractivity contribution in [1.82, 2.24) is 4.90 Å². The van der Waals surface area contributed by atoms with Crippen LogP contribution in [0.2, 0.25) is 0 Å². The monoisotopic (exact) mass is 364 g/mol. The number of benzene rings is 2. The van der Waals surface area contributed by atoms with Gasteiger partial charge in [-0.05, 0) is 61.9 Å². The third kappa shape index (κ3) is 4.97. The number of carbonyl (C=O) groups excluding carboxylic acids is 2. The van der Waals surface area contributed by atoms with Gasteiger partial charge in [-0.2, -0.15) is 0 Å². The summed E-state index contributed by atoms with van der Waals surface area (Å²) in [4.78, 5) is 27.4. The van der Waals surface area contributed by atoms with Gasteiger partial charge in [-0.1, -0.05) is 37.6 Å². The van der Waals surface area contributed by atoms with E-state index in [4.69, 9.17) is 0 Å². The van der Waals surface area contributed by atoms with Crippen LogP contribution >= 0.6 is 0 Å². The van der Waals surface area contributed by atoms with Crippen LogP contribution in [0.5, 0.6) is 0 Å². The molecule has 1 N–H and O–H groups in total. The lowest BCUT2D eigenvalue weighted by atomic mass is 10.1. The summed E-state index contributed by atoms with van der Waals surface area (Å²) in [5.41, 5.74) is 2.99. The number of amides is 2. The summed E-state index contributed by atoms with van der Waals surface area (Å²) >= 11 is 0. The SMILES string of the molecule is CCCCc1ccc(C(=O)Nc2ccccc2C(=O)N2CCCCC2)cc1. The standard InChI is InChI=1S/C23H28N2O2/c1-2-3-9-18-12-14-19(15-13-18)22(26)24-21-11-6-5-10-20(21)23(27)25-16-7-4-8-17-25/h5-6,10-15H,2-4,7-9,16-17H2,1H3,(H,24,26). The molecule has 0 radical (unpaired) electrons. The number of para-hydroxylation sites is 1. The quantitative estimate of drug-likeness (QED) is 0.792. The van der Waals surface area contributed by atoms with Crippen molar-refractivity contribution in [3.63, 3.8) is 0 Å². The van der Waals surface area contributed by atoms with Gasteiger partial charge < -0.3 is 10.2 Å². The van der Waals surface area contributed by atoms with Crippen molar-refractivity contribution in [2.45, 2.75) is 45.4 Å². The maximum Gasteiger partial charge on any atom is 0.255 e. The van der Waals surface area contributed by atoms with Crippen molar-refractivity contribution in [3.8, 4) is 0 Å². The molecule has 3 rings (SSSR count). The van der Waals surface area contributed by atoms with Gasteiger partial charge in [0, 0.05) is 18.7 Å². The van der Waals surface area contributed by atoms with Crippen molar-refractivity contribution in [1.29, 1.82) is 0 Å². The summed E-state index contributed by atoms with van der Waals surface area (Å²) < 4.78 is 0. The first-order valence-electron chi connectivity index (χ1n) is 9.97. The van der Waals surface area contributed by atoms with Gasteiger partial charge in [0.2, 0.25) is 0 Å². The van der Waals surface area contributed by atoms with Crippen molar-refractivity contribution >= 4 is 17.5 Å². The maximum atomic E-state index is 12.9. The van der Waals surface area contributed by atoms with Crippen LogP contribution in [-0.4, -0.2) is 29.8 Å². The lowest BCUT2D eigenvalue weighted by Gasteiger charge is -2.27. The average molecular weight is 364 g/mol. The number of aryl methyl sites for hydroxylation is 1. The van der Waals surface area contributed by atoms with Gasteiger partial charge in [0.25, 0.3) is 11.8 Å². The minimum Gasteiger partial charge on any atom is -0.339 e. The third-order valence-corrected chi connectivity index (χ3v) is 5.08. The molecule has 0 spiro atoms. The van der Waals surface area contributed by atoms with Gasteiger partial charge in [0.15, 0.2) is 0 Å². The van der Waals surface area contributed by atoms with E-state index in [2.05, 4.69) is 12.2 Å². The fraction of sp³-hybridized carbons (Fsp3) is 0.391. The van der Waals surface area contributed by atoms with Crippen molar-refractivity contribution in [2.24, 2.45) is 0 Å². The number of nitrogens with zero attached hydrogens (tertiary/aromatic N) is 1. The molecule has 0 aromatic heterocycles. The van der Waals surface area contributed by atoms with Crippen molar-refractivity contribution < 1.29 is 9.59 Å². The van der Waals surface area contributed by atoms with Crippen LogP contribution in [0.1, 0.15) is 65.3 Å². The Kier molecular flexibility index (Phi) is 6.64. The second-order valence-corrected chi connectivity index (χ2v) is 7.15. The zero-order valence-electron chi connectivity index (χ0n) is 16.0. The molecule has 1 heterocycles. The second-order valence-electron chi connectivity index (χ2n) is 7.15. The summed E-state index contributed by atoms with van der Waals surface area (Å²) in [5.74, 6) is -0.184. The molecule has 1 saturated heterocycles. The largest absolute Gasteiger partial charge is 0.339 e. The molecule has 2 aromatic rings. The lowest BCUT2D eigenvalue weighted by Crippen LogP contribution is -2.36. The Bertz CT molecular complexity index is 777. The van der Waals surface area contributed by atoms with Crippen molar-refractivity contribution in [3.05, 3.63) is 65.2 Å². The normalized spacial score (nSPS) is 14.0. The molecule has 142 valence electrons. The van der Waals surface area contributed by atoms with E-state index < -0.39 is 0 Å². The number of hydrogen-bond acceptors (Lipinski definition) is 2. The average Bonchev–Trinajstić information content (AvgIpc) is 2.73. The first-order chi connectivity index (χ1) is 13.2. The Labute approximate surface area is 161 Å².